The molecule has 2 N–H and O–H groups in total. The average molecular weight is 219 g/mol. The van der Waals surface area contributed by atoms with Gasteiger partial charge >= 0.3 is 0 Å². The van der Waals surface area contributed by atoms with Gasteiger partial charge in [0, 0.05) is 11.8 Å². The van der Waals surface area contributed by atoms with Crippen molar-refractivity contribution in [2.75, 3.05) is 12.8 Å². The van der Waals surface area contributed by atoms with Crippen molar-refractivity contribution in [2.45, 2.75) is 0 Å². The highest BCUT2D eigenvalue weighted by molar-refractivity contribution is 5.63. The fourth-order valence-electron chi connectivity index (χ4n) is 1.32. The lowest BCUT2D eigenvalue weighted by atomic mass is 10.1. The van der Waals surface area contributed by atoms with Crippen LogP contribution in [-0.2, 0) is 0 Å². The molecule has 0 saturated carbocycles. The van der Waals surface area contributed by atoms with Gasteiger partial charge in [0.05, 0.1) is 19.0 Å². The fourth-order valence-corrected chi connectivity index (χ4v) is 1.32. The minimum absolute atomic E-state index is 0.130. The zero-order valence-corrected chi connectivity index (χ0v) is 8.64. The van der Waals surface area contributed by atoms with E-state index in [0.717, 1.165) is 0 Å². The number of hydrogen-bond acceptors (Lipinski definition) is 4. The van der Waals surface area contributed by atoms with Gasteiger partial charge in [0.2, 0.25) is 0 Å². The Hall–Kier alpha value is -2.17. The second-order valence-corrected chi connectivity index (χ2v) is 3.14. The van der Waals surface area contributed by atoms with E-state index in [2.05, 4.69) is 9.97 Å². The van der Waals surface area contributed by atoms with Gasteiger partial charge in [-0.2, -0.15) is 0 Å². The molecule has 82 valence electrons. The van der Waals surface area contributed by atoms with Gasteiger partial charge in [-0.1, -0.05) is 0 Å². The highest BCUT2D eigenvalue weighted by Crippen LogP contribution is 2.24. The van der Waals surface area contributed by atoms with Gasteiger partial charge in [-0.05, 0) is 18.2 Å². The van der Waals surface area contributed by atoms with Gasteiger partial charge in [-0.3, -0.25) is 4.98 Å². The largest absolute Gasteiger partial charge is 0.495 e. The van der Waals surface area contributed by atoms with Gasteiger partial charge in [-0.25, -0.2) is 9.37 Å². The van der Waals surface area contributed by atoms with Gasteiger partial charge in [0.25, 0.3) is 0 Å². The van der Waals surface area contributed by atoms with Crippen molar-refractivity contribution in [1.82, 2.24) is 9.97 Å². The summed E-state index contributed by atoms with van der Waals surface area (Å²) in [4.78, 5) is 7.72. The molecule has 0 bridgehead atoms. The normalized spacial score (nSPS) is 10.1. The molecule has 4 nitrogen and oxygen atoms in total. The maximum atomic E-state index is 13.6. The van der Waals surface area contributed by atoms with Crippen molar-refractivity contribution in [2.24, 2.45) is 0 Å². The molecule has 2 rings (SSSR count). The van der Waals surface area contributed by atoms with Crippen LogP contribution in [0.3, 0.4) is 0 Å². The van der Waals surface area contributed by atoms with Gasteiger partial charge in [-0.15, -0.1) is 0 Å². The van der Waals surface area contributed by atoms with E-state index in [1.807, 2.05) is 0 Å². The maximum absolute atomic E-state index is 13.6. The van der Waals surface area contributed by atoms with E-state index in [0.29, 0.717) is 17.0 Å². The number of ether oxygens (including phenoxy) is 1. The van der Waals surface area contributed by atoms with E-state index in [4.69, 9.17) is 10.5 Å². The molecular formula is C11H10FN3O. The molecule has 0 aliphatic heterocycles. The molecule has 0 unspecified atom stereocenters. The van der Waals surface area contributed by atoms with Crippen molar-refractivity contribution < 1.29 is 9.13 Å². The predicted molar refractivity (Wildman–Crippen MR) is 58.4 cm³/mol. The van der Waals surface area contributed by atoms with Crippen LogP contribution in [0.1, 0.15) is 0 Å². The summed E-state index contributed by atoms with van der Waals surface area (Å²) >= 11 is 0. The first-order valence-corrected chi connectivity index (χ1v) is 4.63. The summed E-state index contributed by atoms with van der Waals surface area (Å²) in [6, 6.07) is 4.90. The van der Waals surface area contributed by atoms with Crippen molar-refractivity contribution in [3.05, 3.63) is 36.4 Å². The molecule has 0 atom stereocenters. The van der Waals surface area contributed by atoms with Crippen molar-refractivity contribution >= 4 is 5.82 Å². The van der Waals surface area contributed by atoms with Crippen LogP contribution in [0, 0.1) is 5.82 Å². The zero-order chi connectivity index (χ0) is 11.5. The Morgan fingerprint density at radius 2 is 2.06 bits per heavy atom. The molecule has 0 aromatic carbocycles. The summed E-state index contributed by atoms with van der Waals surface area (Å²) in [6.07, 6.45) is 2.96. The second kappa shape index (κ2) is 4.14. The molecule has 2 heterocycles. The van der Waals surface area contributed by atoms with Crippen LogP contribution in [-0.4, -0.2) is 17.1 Å². The number of anilines is 1. The first kappa shape index (κ1) is 10.4. The quantitative estimate of drug-likeness (QED) is 0.837. The van der Waals surface area contributed by atoms with Crippen molar-refractivity contribution in [3.63, 3.8) is 0 Å². The summed E-state index contributed by atoms with van der Waals surface area (Å²) in [5, 5.41) is 0. The third-order valence-corrected chi connectivity index (χ3v) is 2.16. The van der Waals surface area contributed by atoms with Gasteiger partial charge in [0.15, 0.2) is 11.6 Å². The van der Waals surface area contributed by atoms with E-state index in [1.165, 1.54) is 18.5 Å². The lowest BCUT2D eigenvalue weighted by molar-refractivity contribution is 0.413. The van der Waals surface area contributed by atoms with E-state index in [1.54, 1.807) is 19.2 Å². The molecule has 0 saturated heterocycles. The summed E-state index contributed by atoms with van der Waals surface area (Å²) < 4.78 is 18.6. The number of nitrogens with zero attached hydrogens (tertiary/aromatic N) is 2. The number of hydrogen-bond donors (Lipinski definition) is 1. The summed E-state index contributed by atoms with van der Waals surface area (Å²) in [6.45, 7) is 0. The SMILES string of the molecule is COc1ccc(-c2ccnc(N)c2F)nc1. The van der Waals surface area contributed by atoms with Crippen LogP contribution in [0.15, 0.2) is 30.6 Å². The molecule has 0 radical (unpaired) electrons. The summed E-state index contributed by atoms with van der Waals surface area (Å²) in [7, 11) is 1.54. The molecule has 0 fully saturated rings. The lowest BCUT2D eigenvalue weighted by Crippen LogP contribution is -1.97. The van der Waals surface area contributed by atoms with E-state index in [-0.39, 0.29) is 5.82 Å². The van der Waals surface area contributed by atoms with Crippen LogP contribution in [0.4, 0.5) is 10.2 Å². The molecule has 2 aromatic rings. The maximum Gasteiger partial charge on any atom is 0.174 e. The van der Waals surface area contributed by atoms with Crippen molar-refractivity contribution in [3.8, 4) is 17.0 Å². The van der Waals surface area contributed by atoms with E-state index < -0.39 is 5.82 Å². The number of nitrogens with two attached hydrogens (primary N) is 1. The fraction of sp³-hybridized carbons (Fsp3) is 0.0909. The molecule has 0 spiro atoms. The highest BCUT2D eigenvalue weighted by Gasteiger charge is 2.09. The Kier molecular flexibility index (Phi) is 2.68. The third kappa shape index (κ3) is 1.79. The Morgan fingerprint density at radius 3 is 2.69 bits per heavy atom. The minimum atomic E-state index is -0.555. The standard InChI is InChI=1S/C11H10FN3O/c1-16-7-2-3-9(15-6-7)8-4-5-14-11(13)10(8)12/h2-6H,1H3,(H2,13,14). The Labute approximate surface area is 91.9 Å². The summed E-state index contributed by atoms with van der Waals surface area (Å²) in [5.74, 6) is -0.0681. The minimum Gasteiger partial charge on any atom is -0.495 e. The van der Waals surface area contributed by atoms with Gasteiger partial charge < -0.3 is 10.5 Å². The smallest absolute Gasteiger partial charge is 0.174 e. The van der Waals surface area contributed by atoms with E-state index >= 15 is 0 Å². The Bertz CT molecular complexity index is 499. The van der Waals surface area contributed by atoms with Crippen molar-refractivity contribution in [1.29, 1.82) is 0 Å². The van der Waals surface area contributed by atoms with Crippen LogP contribution >= 0.6 is 0 Å². The monoisotopic (exact) mass is 219 g/mol. The highest BCUT2D eigenvalue weighted by atomic mass is 19.1. The third-order valence-electron chi connectivity index (χ3n) is 2.16. The number of pyridine rings is 2. The number of nitrogen functional groups attached to an aromatic ring is 1. The molecule has 5 heteroatoms. The number of methoxy groups -OCH3 is 1. The van der Waals surface area contributed by atoms with Crippen LogP contribution in [0.25, 0.3) is 11.3 Å². The first-order chi connectivity index (χ1) is 7.72. The molecule has 0 aliphatic carbocycles. The lowest BCUT2D eigenvalue weighted by Gasteiger charge is -2.04. The topological polar surface area (TPSA) is 61.0 Å². The zero-order valence-electron chi connectivity index (χ0n) is 8.64. The van der Waals surface area contributed by atoms with Crippen LogP contribution < -0.4 is 10.5 Å². The second-order valence-electron chi connectivity index (χ2n) is 3.14. The van der Waals surface area contributed by atoms with Crippen LogP contribution in [0.5, 0.6) is 5.75 Å². The summed E-state index contributed by atoms with van der Waals surface area (Å²) in [5.41, 5.74) is 6.20. The van der Waals surface area contributed by atoms with Gasteiger partial charge in [0.1, 0.15) is 5.75 Å². The molecule has 16 heavy (non-hydrogen) atoms. The first-order valence-electron chi connectivity index (χ1n) is 4.63. The number of aromatic nitrogens is 2. The number of halogens is 1. The van der Waals surface area contributed by atoms with E-state index in [9.17, 15) is 4.39 Å². The Morgan fingerprint density at radius 1 is 1.25 bits per heavy atom. The predicted octanol–water partition coefficient (Wildman–Crippen LogP) is 1.87. The molecule has 2 aromatic heterocycles. The molecule has 0 aliphatic rings. The Balaban J connectivity index is 2.46. The molecule has 0 amide bonds. The van der Waals surface area contributed by atoms with Crippen LogP contribution in [0.2, 0.25) is 0 Å². The number of rotatable bonds is 2. The average Bonchev–Trinajstić information content (AvgIpc) is 2.33. The molecular weight excluding hydrogens is 209 g/mol.